The van der Waals surface area contributed by atoms with Gasteiger partial charge in [-0.15, -0.1) is 0 Å². The zero-order chi connectivity index (χ0) is 11.7. The fraction of sp³-hybridized carbons (Fsp3) is 0.923. The normalized spacial score (nSPS) is 20.1. The van der Waals surface area contributed by atoms with E-state index in [4.69, 9.17) is 0 Å². The predicted molar refractivity (Wildman–Crippen MR) is 65.9 cm³/mol. The molecule has 0 N–H and O–H groups in total. The van der Waals surface area contributed by atoms with Crippen molar-refractivity contribution in [2.24, 2.45) is 0 Å². The topological polar surface area (TPSA) is 20.3 Å². The van der Waals surface area contributed by atoms with E-state index in [1.807, 2.05) is 13.8 Å². The molecular weight excluding hydrogens is 186 g/mol. The number of carbonyl (C=O) groups excluding carboxylic acids is 1. The number of unbranched alkanes of at least 4 members (excludes halogenated alkanes) is 1. The van der Waals surface area contributed by atoms with Gasteiger partial charge in [0.2, 0.25) is 5.91 Å². The van der Waals surface area contributed by atoms with E-state index in [9.17, 15) is 4.79 Å². The zero-order valence-corrected chi connectivity index (χ0v) is 10.9. The lowest BCUT2D eigenvalue weighted by atomic mass is 10.1. The van der Waals surface area contributed by atoms with E-state index in [0.29, 0.717) is 11.9 Å². The Labute approximate surface area is 95.0 Å². The van der Waals surface area contributed by atoms with Crippen molar-refractivity contribution < 1.29 is 4.79 Å². The number of nitrogens with zero attached hydrogens (tertiary/aromatic N) is 1. The monoisotopic (exact) mass is 213 g/mol. The molecule has 2 nitrogen and oxygen atoms in total. The summed E-state index contributed by atoms with van der Waals surface area (Å²) in [4.78, 5) is 13.6. The van der Waals surface area contributed by atoms with Gasteiger partial charge in [0.05, 0.1) is 0 Å². The van der Waals surface area contributed by atoms with Gasteiger partial charge in [-0.1, -0.05) is 40.5 Å². The van der Waals surface area contributed by atoms with Gasteiger partial charge in [0, 0.05) is 19.0 Å². The highest BCUT2D eigenvalue weighted by atomic mass is 16.2. The second kappa shape index (κ2) is 8.75. The maximum Gasteiger partial charge on any atom is 0.222 e. The Morgan fingerprint density at radius 2 is 1.93 bits per heavy atom. The van der Waals surface area contributed by atoms with Crippen LogP contribution in [-0.2, 0) is 4.79 Å². The molecule has 0 aromatic heterocycles. The first-order valence-corrected chi connectivity index (χ1v) is 6.59. The highest BCUT2D eigenvalue weighted by Crippen LogP contribution is 2.22. The van der Waals surface area contributed by atoms with Gasteiger partial charge in [-0.2, -0.15) is 0 Å². The summed E-state index contributed by atoms with van der Waals surface area (Å²) in [5.74, 6) is 0.381. The number of amides is 1. The molecule has 1 heterocycles. The molecule has 0 radical (unpaired) electrons. The number of rotatable bonds is 5. The summed E-state index contributed by atoms with van der Waals surface area (Å²) < 4.78 is 0. The molecular formula is C13H27NO. The smallest absolute Gasteiger partial charge is 0.222 e. The van der Waals surface area contributed by atoms with E-state index in [1.165, 1.54) is 19.3 Å². The van der Waals surface area contributed by atoms with Gasteiger partial charge in [0.1, 0.15) is 0 Å². The fourth-order valence-electron chi connectivity index (χ4n) is 2.06. The van der Waals surface area contributed by atoms with Crippen LogP contribution in [0.25, 0.3) is 0 Å². The van der Waals surface area contributed by atoms with Gasteiger partial charge in [-0.25, -0.2) is 0 Å². The zero-order valence-electron chi connectivity index (χ0n) is 10.9. The molecule has 15 heavy (non-hydrogen) atoms. The van der Waals surface area contributed by atoms with E-state index in [-0.39, 0.29) is 0 Å². The van der Waals surface area contributed by atoms with Crippen LogP contribution in [0.1, 0.15) is 66.2 Å². The van der Waals surface area contributed by atoms with Crippen molar-refractivity contribution in [3.63, 3.8) is 0 Å². The molecule has 1 atom stereocenters. The third-order valence-electron chi connectivity index (χ3n) is 2.83. The Morgan fingerprint density at radius 1 is 1.27 bits per heavy atom. The van der Waals surface area contributed by atoms with Crippen LogP contribution in [0.15, 0.2) is 0 Å². The van der Waals surface area contributed by atoms with Crippen molar-refractivity contribution >= 4 is 5.91 Å². The quantitative estimate of drug-likeness (QED) is 0.683. The van der Waals surface area contributed by atoms with Crippen molar-refractivity contribution in [2.45, 2.75) is 72.3 Å². The summed E-state index contributed by atoms with van der Waals surface area (Å²) in [6.45, 7) is 9.36. The van der Waals surface area contributed by atoms with Crippen LogP contribution in [0.4, 0.5) is 0 Å². The van der Waals surface area contributed by atoms with Gasteiger partial charge in [-0.05, 0) is 19.3 Å². The molecule has 1 aliphatic rings. The van der Waals surface area contributed by atoms with Gasteiger partial charge in [0.25, 0.3) is 0 Å². The summed E-state index contributed by atoms with van der Waals surface area (Å²) in [6.07, 6.45) is 6.61. The largest absolute Gasteiger partial charge is 0.340 e. The van der Waals surface area contributed by atoms with Crippen LogP contribution in [0.3, 0.4) is 0 Å². The highest BCUT2D eigenvalue weighted by Gasteiger charge is 2.28. The minimum atomic E-state index is 0.381. The third-order valence-corrected chi connectivity index (χ3v) is 2.83. The number of hydrogen-bond donors (Lipinski definition) is 0. The predicted octanol–water partition coefficient (Wildman–Crippen LogP) is 3.60. The second-order valence-electron chi connectivity index (χ2n) is 3.92. The van der Waals surface area contributed by atoms with E-state index < -0.39 is 0 Å². The Kier molecular flexibility index (Phi) is 8.44. The first kappa shape index (κ1) is 14.5. The Balaban J connectivity index is 0.000000921. The number of carbonyl (C=O) groups is 1. The molecule has 0 aliphatic carbocycles. The molecule has 0 aromatic rings. The average molecular weight is 213 g/mol. The molecule has 0 aromatic carbocycles. The standard InChI is InChI=1S/C11H21NO.C2H6/c1-3-5-9-12-10(6-4-2)7-8-11(12)13;1-2/h10H,3-9H2,1-2H3;1-2H3/t10-;/m0./s1. The maximum atomic E-state index is 11.5. The minimum absolute atomic E-state index is 0.381. The van der Waals surface area contributed by atoms with Crippen LogP contribution in [0, 0.1) is 0 Å². The van der Waals surface area contributed by atoms with Crippen molar-refractivity contribution in [3.8, 4) is 0 Å². The molecule has 1 rings (SSSR count). The number of hydrogen-bond acceptors (Lipinski definition) is 1. The Hall–Kier alpha value is -0.530. The second-order valence-corrected chi connectivity index (χ2v) is 3.92. The van der Waals surface area contributed by atoms with Crippen LogP contribution in [-0.4, -0.2) is 23.4 Å². The maximum absolute atomic E-state index is 11.5. The fourth-order valence-corrected chi connectivity index (χ4v) is 2.06. The molecule has 2 heteroatoms. The minimum Gasteiger partial charge on any atom is -0.340 e. The summed E-state index contributed by atoms with van der Waals surface area (Å²) in [5.41, 5.74) is 0. The van der Waals surface area contributed by atoms with Gasteiger partial charge in [-0.3, -0.25) is 4.79 Å². The van der Waals surface area contributed by atoms with E-state index in [2.05, 4.69) is 18.7 Å². The third kappa shape index (κ3) is 4.67. The van der Waals surface area contributed by atoms with E-state index in [0.717, 1.165) is 25.8 Å². The van der Waals surface area contributed by atoms with Gasteiger partial charge < -0.3 is 4.90 Å². The van der Waals surface area contributed by atoms with Crippen molar-refractivity contribution in [1.29, 1.82) is 0 Å². The molecule has 1 saturated heterocycles. The Bertz CT molecular complexity index is 168. The summed E-state index contributed by atoms with van der Waals surface area (Å²) >= 11 is 0. The number of likely N-dealkylation sites (tertiary alicyclic amines) is 1. The summed E-state index contributed by atoms with van der Waals surface area (Å²) in [5, 5.41) is 0. The van der Waals surface area contributed by atoms with E-state index in [1.54, 1.807) is 0 Å². The summed E-state index contributed by atoms with van der Waals surface area (Å²) in [7, 11) is 0. The van der Waals surface area contributed by atoms with Gasteiger partial charge in [0.15, 0.2) is 0 Å². The van der Waals surface area contributed by atoms with Crippen LogP contribution in [0.2, 0.25) is 0 Å². The SMILES string of the molecule is CC.CCCCN1C(=O)CC[C@@H]1CCC. The lowest BCUT2D eigenvalue weighted by molar-refractivity contribution is -0.129. The molecule has 0 saturated carbocycles. The first-order valence-electron chi connectivity index (χ1n) is 6.59. The summed E-state index contributed by atoms with van der Waals surface area (Å²) in [6, 6.07) is 0.559. The lowest BCUT2D eigenvalue weighted by Crippen LogP contribution is -2.33. The molecule has 0 bridgehead atoms. The average Bonchev–Trinajstić information content (AvgIpc) is 2.61. The van der Waals surface area contributed by atoms with Crippen molar-refractivity contribution in [1.82, 2.24) is 4.90 Å². The van der Waals surface area contributed by atoms with Crippen molar-refractivity contribution in [2.75, 3.05) is 6.54 Å². The van der Waals surface area contributed by atoms with Crippen LogP contribution >= 0.6 is 0 Å². The van der Waals surface area contributed by atoms with Crippen molar-refractivity contribution in [3.05, 3.63) is 0 Å². The van der Waals surface area contributed by atoms with Gasteiger partial charge >= 0.3 is 0 Å². The van der Waals surface area contributed by atoms with Crippen LogP contribution < -0.4 is 0 Å². The molecule has 90 valence electrons. The molecule has 0 spiro atoms. The molecule has 1 fully saturated rings. The molecule has 0 unspecified atom stereocenters. The van der Waals surface area contributed by atoms with Crippen LogP contribution in [0.5, 0.6) is 0 Å². The molecule has 1 amide bonds. The molecule has 1 aliphatic heterocycles. The Morgan fingerprint density at radius 3 is 2.47 bits per heavy atom. The van der Waals surface area contributed by atoms with E-state index >= 15 is 0 Å². The first-order chi connectivity index (χ1) is 7.29. The lowest BCUT2D eigenvalue weighted by Gasteiger charge is -2.24. The highest BCUT2D eigenvalue weighted by molar-refractivity contribution is 5.78.